The van der Waals surface area contributed by atoms with E-state index in [0.717, 1.165) is 0 Å². The molecule has 1 aliphatic rings. The van der Waals surface area contributed by atoms with Gasteiger partial charge in [0.2, 0.25) is 0 Å². The van der Waals surface area contributed by atoms with Crippen molar-refractivity contribution >= 4 is 11.9 Å². The van der Waals surface area contributed by atoms with E-state index >= 15 is 0 Å². The molecule has 1 fully saturated rings. The van der Waals surface area contributed by atoms with Gasteiger partial charge in [-0.05, 0) is 0 Å². The molecule has 12 heavy (non-hydrogen) atoms. The van der Waals surface area contributed by atoms with Gasteiger partial charge in [0.1, 0.15) is 5.92 Å². The molecule has 0 radical (unpaired) electrons. The third kappa shape index (κ3) is 1.62. The minimum Gasteiger partial charge on any atom is -0.393 e. The SMILES string of the molecule is COC(OC)C1CC(=O)OC1=O. The fourth-order valence-electron chi connectivity index (χ4n) is 1.12. The van der Waals surface area contributed by atoms with E-state index in [9.17, 15) is 9.59 Å². The molecular formula is C7H10O5. The first-order valence-electron chi connectivity index (χ1n) is 3.49. The Hall–Kier alpha value is -0.940. The fourth-order valence-corrected chi connectivity index (χ4v) is 1.12. The van der Waals surface area contributed by atoms with Crippen LogP contribution in [0.5, 0.6) is 0 Å². The lowest BCUT2D eigenvalue weighted by atomic mass is 10.1. The van der Waals surface area contributed by atoms with Crippen molar-refractivity contribution in [3.8, 4) is 0 Å². The van der Waals surface area contributed by atoms with Gasteiger partial charge in [-0.1, -0.05) is 0 Å². The molecular weight excluding hydrogens is 164 g/mol. The highest BCUT2D eigenvalue weighted by Gasteiger charge is 2.39. The van der Waals surface area contributed by atoms with Gasteiger partial charge in [-0.2, -0.15) is 0 Å². The lowest BCUT2D eigenvalue weighted by Gasteiger charge is -2.15. The Morgan fingerprint density at radius 3 is 2.33 bits per heavy atom. The number of esters is 2. The minimum absolute atomic E-state index is 0.0329. The third-order valence-corrected chi connectivity index (χ3v) is 1.70. The van der Waals surface area contributed by atoms with Gasteiger partial charge in [-0.25, -0.2) is 0 Å². The Morgan fingerprint density at radius 1 is 1.42 bits per heavy atom. The van der Waals surface area contributed by atoms with E-state index in [2.05, 4.69) is 4.74 Å². The Balaban J connectivity index is 2.62. The topological polar surface area (TPSA) is 61.8 Å². The van der Waals surface area contributed by atoms with Crippen LogP contribution in [0.15, 0.2) is 0 Å². The maximum atomic E-state index is 10.9. The van der Waals surface area contributed by atoms with Gasteiger partial charge in [0.05, 0.1) is 6.42 Å². The number of rotatable bonds is 3. The van der Waals surface area contributed by atoms with Gasteiger partial charge < -0.3 is 14.2 Å². The molecule has 0 aliphatic carbocycles. The Kier molecular flexibility index (Phi) is 2.78. The Bertz CT molecular complexity index is 196. The molecule has 1 aliphatic heterocycles. The Labute approximate surface area is 69.6 Å². The molecule has 5 nitrogen and oxygen atoms in total. The van der Waals surface area contributed by atoms with Gasteiger partial charge in [0, 0.05) is 14.2 Å². The molecule has 68 valence electrons. The van der Waals surface area contributed by atoms with Crippen LogP contribution in [0.3, 0.4) is 0 Å². The van der Waals surface area contributed by atoms with E-state index in [1.165, 1.54) is 14.2 Å². The zero-order valence-corrected chi connectivity index (χ0v) is 6.90. The van der Waals surface area contributed by atoms with Crippen molar-refractivity contribution in [2.75, 3.05) is 14.2 Å². The van der Waals surface area contributed by atoms with E-state index in [-0.39, 0.29) is 6.42 Å². The van der Waals surface area contributed by atoms with Crippen molar-refractivity contribution in [3.05, 3.63) is 0 Å². The van der Waals surface area contributed by atoms with Crippen LogP contribution in [0.25, 0.3) is 0 Å². The summed E-state index contributed by atoms with van der Waals surface area (Å²) in [5, 5.41) is 0. The van der Waals surface area contributed by atoms with E-state index in [4.69, 9.17) is 9.47 Å². The second kappa shape index (κ2) is 3.64. The largest absolute Gasteiger partial charge is 0.393 e. The molecule has 0 aromatic carbocycles. The summed E-state index contributed by atoms with van der Waals surface area (Å²) in [6, 6.07) is 0. The zero-order chi connectivity index (χ0) is 9.14. The molecule has 0 N–H and O–H groups in total. The standard InChI is InChI=1S/C7H10O5/c1-10-7(11-2)4-3-5(8)12-6(4)9/h4,7H,3H2,1-2H3. The van der Waals surface area contributed by atoms with Crippen LogP contribution >= 0.6 is 0 Å². The number of hydrogen-bond donors (Lipinski definition) is 0. The number of carbonyl (C=O) groups is 2. The molecule has 0 aromatic heterocycles. The van der Waals surface area contributed by atoms with Crippen molar-refractivity contribution in [2.24, 2.45) is 5.92 Å². The first-order chi connectivity index (χ1) is 5.69. The van der Waals surface area contributed by atoms with Crippen LogP contribution in [-0.2, 0) is 23.8 Å². The smallest absolute Gasteiger partial charge is 0.322 e. The Morgan fingerprint density at radius 2 is 2.00 bits per heavy atom. The molecule has 0 spiro atoms. The summed E-state index contributed by atoms with van der Waals surface area (Å²) >= 11 is 0. The van der Waals surface area contributed by atoms with Crippen molar-refractivity contribution in [1.29, 1.82) is 0 Å². The van der Waals surface area contributed by atoms with Gasteiger partial charge in [-0.3, -0.25) is 9.59 Å². The molecule has 1 heterocycles. The first-order valence-corrected chi connectivity index (χ1v) is 3.49. The molecule has 0 amide bonds. The van der Waals surface area contributed by atoms with Crippen molar-refractivity contribution in [3.63, 3.8) is 0 Å². The summed E-state index contributed by atoms with van der Waals surface area (Å²) in [5.74, 6) is -1.72. The summed E-state index contributed by atoms with van der Waals surface area (Å²) in [4.78, 5) is 21.6. The average molecular weight is 174 g/mol. The molecule has 0 aromatic rings. The molecule has 5 heteroatoms. The van der Waals surface area contributed by atoms with Gasteiger partial charge in [-0.15, -0.1) is 0 Å². The highest BCUT2D eigenvalue weighted by molar-refractivity contribution is 5.94. The van der Waals surface area contributed by atoms with Crippen LogP contribution in [0.4, 0.5) is 0 Å². The number of cyclic esters (lactones) is 2. The van der Waals surface area contributed by atoms with Crippen LogP contribution in [0.1, 0.15) is 6.42 Å². The quantitative estimate of drug-likeness (QED) is 0.334. The van der Waals surface area contributed by atoms with E-state index in [1.807, 2.05) is 0 Å². The second-order valence-corrected chi connectivity index (χ2v) is 2.44. The van der Waals surface area contributed by atoms with Crippen molar-refractivity contribution in [2.45, 2.75) is 12.7 Å². The van der Waals surface area contributed by atoms with Gasteiger partial charge in [0.15, 0.2) is 6.29 Å². The highest BCUT2D eigenvalue weighted by atomic mass is 16.7. The predicted molar refractivity (Wildman–Crippen MR) is 37.0 cm³/mol. The maximum absolute atomic E-state index is 10.9. The van der Waals surface area contributed by atoms with Crippen molar-refractivity contribution < 1.29 is 23.8 Å². The van der Waals surface area contributed by atoms with E-state index in [0.29, 0.717) is 0 Å². The number of methoxy groups -OCH3 is 2. The third-order valence-electron chi connectivity index (χ3n) is 1.70. The summed E-state index contributed by atoms with van der Waals surface area (Å²) in [6.45, 7) is 0. The molecule has 0 bridgehead atoms. The molecule has 1 atom stereocenters. The molecule has 1 unspecified atom stereocenters. The summed E-state index contributed by atoms with van der Waals surface area (Å²) in [6.07, 6.45) is -0.658. The second-order valence-electron chi connectivity index (χ2n) is 2.44. The van der Waals surface area contributed by atoms with Gasteiger partial charge >= 0.3 is 11.9 Å². The van der Waals surface area contributed by atoms with Crippen LogP contribution in [0.2, 0.25) is 0 Å². The van der Waals surface area contributed by atoms with Crippen LogP contribution in [0, 0.1) is 5.92 Å². The van der Waals surface area contributed by atoms with Crippen LogP contribution in [-0.4, -0.2) is 32.4 Å². The fraction of sp³-hybridized carbons (Fsp3) is 0.714. The first kappa shape index (κ1) is 9.15. The van der Waals surface area contributed by atoms with Gasteiger partial charge in [0.25, 0.3) is 0 Å². The lowest BCUT2D eigenvalue weighted by molar-refractivity contribution is -0.166. The van der Waals surface area contributed by atoms with E-state index < -0.39 is 24.1 Å². The molecule has 1 saturated heterocycles. The minimum atomic E-state index is -0.691. The molecule has 1 rings (SSSR count). The summed E-state index contributed by atoms with van der Waals surface area (Å²) < 4.78 is 14.0. The normalized spacial score (nSPS) is 23.4. The molecule has 0 saturated carbocycles. The number of carbonyl (C=O) groups excluding carboxylic acids is 2. The predicted octanol–water partition coefficient (Wildman–Crippen LogP) is -0.305. The van der Waals surface area contributed by atoms with Crippen LogP contribution < -0.4 is 0 Å². The summed E-state index contributed by atoms with van der Waals surface area (Å²) in [5.41, 5.74) is 0. The lowest BCUT2D eigenvalue weighted by Crippen LogP contribution is -2.28. The number of hydrogen-bond acceptors (Lipinski definition) is 5. The van der Waals surface area contributed by atoms with E-state index in [1.54, 1.807) is 0 Å². The maximum Gasteiger partial charge on any atom is 0.322 e. The average Bonchev–Trinajstić information content (AvgIpc) is 2.34. The van der Waals surface area contributed by atoms with Crippen molar-refractivity contribution in [1.82, 2.24) is 0 Å². The number of ether oxygens (including phenoxy) is 3. The monoisotopic (exact) mass is 174 g/mol. The summed E-state index contributed by atoms with van der Waals surface area (Å²) in [7, 11) is 2.81. The highest BCUT2D eigenvalue weighted by Crippen LogP contribution is 2.21. The zero-order valence-electron chi connectivity index (χ0n) is 6.90.